The van der Waals surface area contributed by atoms with Crippen molar-refractivity contribution < 1.29 is 23.0 Å². The van der Waals surface area contributed by atoms with Gasteiger partial charge in [-0.1, -0.05) is 0 Å². The average molecular weight is 239 g/mol. The molecule has 0 spiro atoms. The van der Waals surface area contributed by atoms with E-state index in [1.807, 2.05) is 13.8 Å². The monoisotopic (exact) mass is 239 g/mol. The Morgan fingerprint density at radius 3 is 2.56 bits per heavy atom. The molecular weight excluding hydrogens is 220 g/mol. The zero-order chi connectivity index (χ0) is 12.0. The summed E-state index contributed by atoms with van der Waals surface area (Å²) in [6.07, 6.45) is -2.40. The summed E-state index contributed by atoms with van der Waals surface area (Å²) < 4.78 is 39.0. The third kappa shape index (κ3) is 5.69. The molecule has 0 saturated carbocycles. The van der Waals surface area contributed by atoms with E-state index in [1.165, 1.54) is 0 Å². The Hall–Kier alpha value is -0.300. The van der Waals surface area contributed by atoms with Crippen LogP contribution < -0.4 is 5.32 Å². The first kappa shape index (κ1) is 13.8. The van der Waals surface area contributed by atoms with Gasteiger partial charge in [-0.3, -0.25) is 0 Å². The lowest BCUT2D eigenvalue weighted by atomic mass is 10.2. The molecule has 0 atom stereocenters. The fourth-order valence-electron chi connectivity index (χ4n) is 1.32. The molecule has 96 valence electrons. The summed E-state index contributed by atoms with van der Waals surface area (Å²) in [4.78, 5) is 0. The van der Waals surface area contributed by atoms with Crippen LogP contribution in [0.25, 0.3) is 0 Å². The number of ether oxygens (including phenoxy) is 3. The number of nitrogens with one attached hydrogen (secondary N) is 1. The molecule has 6 heteroatoms. The third-order valence-corrected chi connectivity index (χ3v) is 2.19. The second kappa shape index (κ2) is 6.44. The van der Waals surface area contributed by atoms with Gasteiger partial charge in [-0.2, -0.15) is 0 Å². The van der Waals surface area contributed by atoms with Crippen LogP contribution in [0.2, 0.25) is 0 Å². The lowest BCUT2D eigenvalue weighted by Crippen LogP contribution is -2.49. The van der Waals surface area contributed by atoms with Crippen molar-refractivity contribution in [3.05, 3.63) is 0 Å². The Kier molecular flexibility index (Phi) is 5.54. The Bertz CT molecular complexity index is 193. The zero-order valence-electron chi connectivity index (χ0n) is 9.67. The van der Waals surface area contributed by atoms with E-state index in [-0.39, 0.29) is 12.6 Å². The molecule has 0 bridgehead atoms. The largest absolute Gasteiger partial charge is 0.374 e. The molecule has 16 heavy (non-hydrogen) atoms. The standard InChI is InChI=1S/C10H19F2NO3/c1-10(2)15-5-8(6-16-10)13-3-4-14-7-9(11)12/h8-9,13H,3-7H2,1-2H3. The van der Waals surface area contributed by atoms with Gasteiger partial charge >= 0.3 is 0 Å². The molecule has 1 saturated heterocycles. The van der Waals surface area contributed by atoms with Gasteiger partial charge in [0, 0.05) is 6.54 Å². The molecule has 1 heterocycles. The Labute approximate surface area is 94.2 Å². The van der Waals surface area contributed by atoms with Crippen molar-refractivity contribution in [3.8, 4) is 0 Å². The molecule has 0 aliphatic carbocycles. The molecule has 1 aliphatic rings. The molecule has 0 aromatic rings. The number of halogens is 2. The van der Waals surface area contributed by atoms with E-state index >= 15 is 0 Å². The first-order valence-electron chi connectivity index (χ1n) is 5.37. The van der Waals surface area contributed by atoms with Gasteiger partial charge in [0.1, 0.15) is 6.61 Å². The maximum absolute atomic E-state index is 11.7. The smallest absolute Gasteiger partial charge is 0.261 e. The molecule has 0 aromatic heterocycles. The van der Waals surface area contributed by atoms with Gasteiger partial charge in [-0.05, 0) is 13.8 Å². The van der Waals surface area contributed by atoms with E-state index in [4.69, 9.17) is 14.2 Å². The van der Waals surface area contributed by atoms with Gasteiger partial charge in [0.2, 0.25) is 0 Å². The van der Waals surface area contributed by atoms with Crippen LogP contribution in [0.5, 0.6) is 0 Å². The van der Waals surface area contributed by atoms with Gasteiger partial charge in [0.05, 0.1) is 25.9 Å². The Morgan fingerprint density at radius 2 is 2.00 bits per heavy atom. The molecule has 1 aliphatic heterocycles. The van der Waals surface area contributed by atoms with Gasteiger partial charge in [0.25, 0.3) is 6.43 Å². The van der Waals surface area contributed by atoms with Crippen molar-refractivity contribution >= 4 is 0 Å². The van der Waals surface area contributed by atoms with Crippen LogP contribution in [0.4, 0.5) is 8.78 Å². The summed E-state index contributed by atoms with van der Waals surface area (Å²) in [5.41, 5.74) is 0. The molecule has 1 fully saturated rings. The summed E-state index contributed by atoms with van der Waals surface area (Å²) in [7, 11) is 0. The van der Waals surface area contributed by atoms with Crippen molar-refractivity contribution in [2.24, 2.45) is 0 Å². The second-order valence-electron chi connectivity index (χ2n) is 4.14. The fourth-order valence-corrected chi connectivity index (χ4v) is 1.32. The van der Waals surface area contributed by atoms with E-state index in [1.54, 1.807) is 0 Å². The van der Waals surface area contributed by atoms with Crippen molar-refractivity contribution in [2.75, 3.05) is 33.0 Å². The van der Waals surface area contributed by atoms with Gasteiger partial charge in [-0.25, -0.2) is 8.78 Å². The minimum absolute atomic E-state index is 0.100. The third-order valence-electron chi connectivity index (χ3n) is 2.19. The first-order chi connectivity index (χ1) is 7.49. The average Bonchev–Trinajstić information content (AvgIpc) is 2.19. The topological polar surface area (TPSA) is 39.7 Å². The summed E-state index contributed by atoms with van der Waals surface area (Å²) in [6.45, 7) is 5.11. The van der Waals surface area contributed by atoms with Gasteiger partial charge in [0.15, 0.2) is 5.79 Å². The zero-order valence-corrected chi connectivity index (χ0v) is 9.67. The van der Waals surface area contributed by atoms with Crippen LogP contribution >= 0.6 is 0 Å². The molecule has 0 amide bonds. The summed E-state index contributed by atoms with van der Waals surface area (Å²) in [5, 5.41) is 3.11. The quantitative estimate of drug-likeness (QED) is 0.702. The molecule has 4 nitrogen and oxygen atoms in total. The lowest BCUT2D eigenvalue weighted by molar-refractivity contribution is -0.253. The van der Waals surface area contributed by atoms with Crippen molar-refractivity contribution in [1.29, 1.82) is 0 Å². The van der Waals surface area contributed by atoms with Crippen LogP contribution in [0.3, 0.4) is 0 Å². The van der Waals surface area contributed by atoms with Gasteiger partial charge < -0.3 is 19.5 Å². The minimum Gasteiger partial charge on any atom is -0.374 e. The van der Waals surface area contributed by atoms with E-state index < -0.39 is 18.8 Å². The highest BCUT2D eigenvalue weighted by molar-refractivity contribution is 4.72. The van der Waals surface area contributed by atoms with Crippen LogP contribution in [0, 0.1) is 0 Å². The minimum atomic E-state index is -2.40. The van der Waals surface area contributed by atoms with Gasteiger partial charge in [-0.15, -0.1) is 0 Å². The van der Waals surface area contributed by atoms with Crippen molar-refractivity contribution in [2.45, 2.75) is 32.1 Å². The number of rotatable bonds is 6. The highest BCUT2D eigenvalue weighted by atomic mass is 19.3. The number of hydrogen-bond donors (Lipinski definition) is 1. The predicted molar refractivity (Wildman–Crippen MR) is 54.6 cm³/mol. The van der Waals surface area contributed by atoms with E-state index in [2.05, 4.69) is 5.32 Å². The van der Waals surface area contributed by atoms with Crippen molar-refractivity contribution in [3.63, 3.8) is 0 Å². The Balaban J connectivity index is 1.98. The molecule has 0 radical (unpaired) electrons. The fraction of sp³-hybridized carbons (Fsp3) is 1.00. The number of alkyl halides is 2. The van der Waals surface area contributed by atoms with E-state index in [9.17, 15) is 8.78 Å². The maximum Gasteiger partial charge on any atom is 0.261 e. The normalized spacial score (nSPS) is 21.6. The van der Waals surface area contributed by atoms with Crippen LogP contribution in [-0.2, 0) is 14.2 Å². The second-order valence-corrected chi connectivity index (χ2v) is 4.14. The summed E-state index contributed by atoms with van der Waals surface area (Å²) in [5.74, 6) is -0.523. The molecule has 0 unspecified atom stereocenters. The first-order valence-corrected chi connectivity index (χ1v) is 5.37. The molecular formula is C10H19F2NO3. The van der Waals surface area contributed by atoms with Crippen molar-refractivity contribution in [1.82, 2.24) is 5.32 Å². The summed E-state index contributed by atoms with van der Waals surface area (Å²) in [6, 6.07) is 0.100. The van der Waals surface area contributed by atoms with Crippen LogP contribution in [0.1, 0.15) is 13.8 Å². The maximum atomic E-state index is 11.7. The van der Waals surface area contributed by atoms with Crippen LogP contribution in [-0.4, -0.2) is 51.2 Å². The molecule has 1 rings (SSSR count). The predicted octanol–water partition coefficient (Wildman–Crippen LogP) is 1.01. The lowest BCUT2D eigenvalue weighted by Gasteiger charge is -2.35. The Morgan fingerprint density at radius 1 is 1.38 bits per heavy atom. The van der Waals surface area contributed by atoms with E-state index in [0.29, 0.717) is 19.8 Å². The van der Waals surface area contributed by atoms with E-state index in [0.717, 1.165) is 0 Å². The highest BCUT2D eigenvalue weighted by Crippen LogP contribution is 2.16. The summed E-state index contributed by atoms with van der Waals surface area (Å²) >= 11 is 0. The van der Waals surface area contributed by atoms with Crippen LogP contribution in [0.15, 0.2) is 0 Å². The molecule has 0 aromatic carbocycles. The number of hydrogen-bond acceptors (Lipinski definition) is 4. The molecule has 1 N–H and O–H groups in total. The highest BCUT2D eigenvalue weighted by Gasteiger charge is 2.27. The SMILES string of the molecule is CC1(C)OCC(NCCOCC(F)F)CO1.